The third kappa shape index (κ3) is 4.00. The van der Waals surface area contributed by atoms with E-state index in [9.17, 15) is 0 Å². The van der Waals surface area contributed by atoms with Crippen molar-refractivity contribution in [2.45, 2.75) is 103 Å². The molecule has 0 amide bonds. The number of fused-ring (bicyclic) bond motifs is 2. The van der Waals surface area contributed by atoms with E-state index in [1.54, 1.807) is 44.6 Å². The normalized spacial score (nSPS) is 26.1. The molecule has 0 fully saturated rings. The minimum absolute atomic E-state index is 0. The molecule has 0 radical (unpaired) electrons. The molecule has 27 heavy (non-hydrogen) atoms. The van der Waals surface area contributed by atoms with Crippen molar-refractivity contribution in [1.29, 1.82) is 0 Å². The van der Waals surface area contributed by atoms with Gasteiger partial charge in [0.15, 0.2) is 0 Å². The van der Waals surface area contributed by atoms with Crippen LogP contribution >= 0.6 is 0 Å². The standard InChI is InChI=1S/2C13H17.Hf/c2*1-3-7-12-10(5-1)9-11-6-2-4-8-13(11)12;/h2*5H,1-4,6-9H2;/q2*-1;. The van der Waals surface area contributed by atoms with Crippen molar-refractivity contribution in [2.75, 3.05) is 0 Å². The smallest absolute Gasteiger partial charge is 0 e. The summed E-state index contributed by atoms with van der Waals surface area (Å²) in [6.07, 6.45) is 27.2. The quantitative estimate of drug-likeness (QED) is 0.223. The molecule has 0 unspecified atom stereocenters. The van der Waals surface area contributed by atoms with Crippen LogP contribution in [0.2, 0.25) is 0 Å². The predicted molar refractivity (Wildman–Crippen MR) is 111 cm³/mol. The van der Waals surface area contributed by atoms with Gasteiger partial charge in [-0.1, -0.05) is 49.7 Å². The van der Waals surface area contributed by atoms with E-state index in [0.29, 0.717) is 0 Å². The van der Waals surface area contributed by atoms with Crippen LogP contribution in [-0.4, -0.2) is 0 Å². The molecule has 6 aliphatic carbocycles. The maximum atomic E-state index is 2.50. The fourth-order valence-corrected chi connectivity index (χ4v) is 6.24. The molecule has 0 saturated carbocycles. The van der Waals surface area contributed by atoms with Gasteiger partial charge < -0.3 is 0 Å². The van der Waals surface area contributed by atoms with E-state index >= 15 is 0 Å². The van der Waals surface area contributed by atoms with E-state index in [2.05, 4.69) is 12.8 Å². The Morgan fingerprint density at radius 2 is 0.852 bits per heavy atom. The van der Waals surface area contributed by atoms with Gasteiger partial charge in [-0.15, -0.1) is 24.0 Å². The summed E-state index contributed by atoms with van der Waals surface area (Å²) >= 11 is 0. The summed E-state index contributed by atoms with van der Waals surface area (Å²) < 4.78 is 0. The molecule has 6 aliphatic rings. The van der Waals surface area contributed by atoms with Crippen LogP contribution in [0.4, 0.5) is 0 Å². The van der Waals surface area contributed by atoms with Gasteiger partial charge in [0.2, 0.25) is 0 Å². The van der Waals surface area contributed by atoms with Gasteiger partial charge in [-0.2, -0.15) is 11.1 Å². The van der Waals surface area contributed by atoms with Gasteiger partial charge >= 0.3 is 0 Å². The molecule has 0 bridgehead atoms. The summed E-state index contributed by atoms with van der Waals surface area (Å²) in [5, 5.41) is 0. The van der Waals surface area contributed by atoms with Crippen LogP contribution in [0.1, 0.15) is 103 Å². The minimum atomic E-state index is 0. The van der Waals surface area contributed by atoms with Crippen molar-refractivity contribution in [3.63, 3.8) is 0 Å². The first-order valence-electron chi connectivity index (χ1n) is 11.4. The number of hydrogen-bond donors (Lipinski definition) is 0. The zero-order chi connectivity index (χ0) is 17.3. The summed E-state index contributed by atoms with van der Waals surface area (Å²) in [7, 11) is 0. The second-order valence-corrected chi connectivity index (χ2v) is 9.13. The van der Waals surface area contributed by atoms with E-state index in [1.165, 1.54) is 103 Å². The summed E-state index contributed by atoms with van der Waals surface area (Å²) in [5.41, 5.74) is 14.1. The monoisotopic (exact) mass is 526 g/mol. The Labute approximate surface area is 185 Å². The van der Waals surface area contributed by atoms with Gasteiger partial charge in [-0.25, -0.2) is 24.0 Å². The van der Waals surface area contributed by atoms with Gasteiger partial charge in [0.25, 0.3) is 0 Å². The first-order valence-corrected chi connectivity index (χ1v) is 11.4. The predicted octanol–water partition coefficient (Wildman–Crippen LogP) is 7.89. The van der Waals surface area contributed by atoms with Crippen molar-refractivity contribution < 1.29 is 25.8 Å². The third-order valence-corrected chi connectivity index (χ3v) is 7.52. The van der Waals surface area contributed by atoms with Gasteiger partial charge in [0.05, 0.1) is 0 Å². The van der Waals surface area contributed by atoms with Gasteiger partial charge in [-0.3, -0.25) is 0 Å². The molecule has 0 heterocycles. The van der Waals surface area contributed by atoms with Crippen LogP contribution in [0.3, 0.4) is 0 Å². The maximum Gasteiger partial charge on any atom is 0 e. The van der Waals surface area contributed by atoms with Gasteiger partial charge in [0, 0.05) is 25.8 Å². The van der Waals surface area contributed by atoms with Crippen LogP contribution in [-0.2, 0) is 25.8 Å². The number of hydrogen-bond acceptors (Lipinski definition) is 0. The third-order valence-electron chi connectivity index (χ3n) is 7.52. The molecule has 0 saturated heterocycles. The van der Waals surface area contributed by atoms with Gasteiger partial charge in [0.1, 0.15) is 0 Å². The molecular formula is C26H34Hf-2. The fraction of sp³-hybridized carbons (Fsp3) is 0.615. The molecule has 144 valence electrons. The Kier molecular flexibility index (Phi) is 6.57. The Bertz CT molecular complexity index is 590. The van der Waals surface area contributed by atoms with E-state index in [4.69, 9.17) is 0 Å². The first-order chi connectivity index (χ1) is 12.9. The second kappa shape index (κ2) is 8.93. The topological polar surface area (TPSA) is 0 Å². The molecule has 0 aliphatic heterocycles. The number of rotatable bonds is 0. The number of allylic oxidation sites excluding steroid dienone is 8. The van der Waals surface area contributed by atoms with Gasteiger partial charge in [-0.05, 0) is 51.4 Å². The largest absolute Gasteiger partial charge is 0.226 e. The molecule has 0 spiro atoms. The van der Waals surface area contributed by atoms with Crippen LogP contribution in [0, 0.1) is 12.8 Å². The summed E-state index contributed by atoms with van der Waals surface area (Å²) in [6.45, 7) is 0. The summed E-state index contributed by atoms with van der Waals surface area (Å²) in [5.74, 6) is 0. The van der Waals surface area contributed by atoms with Crippen molar-refractivity contribution in [1.82, 2.24) is 0 Å². The van der Waals surface area contributed by atoms with Crippen LogP contribution in [0.15, 0.2) is 44.6 Å². The molecule has 0 N–H and O–H groups in total. The first kappa shape index (κ1) is 19.9. The average Bonchev–Trinajstić information content (AvgIpc) is 3.27. The fourth-order valence-electron chi connectivity index (χ4n) is 6.24. The molecule has 0 atom stereocenters. The van der Waals surface area contributed by atoms with Crippen LogP contribution in [0.25, 0.3) is 0 Å². The SMILES string of the molecule is [CH-]1CCCC2=C1CC1=C2CCCC1.[CH-]1CCCC2=C1CC1=C2CCCC1.[Hf]. The van der Waals surface area contributed by atoms with Crippen molar-refractivity contribution in [3.8, 4) is 0 Å². The van der Waals surface area contributed by atoms with E-state index in [-0.39, 0.29) is 25.8 Å². The molecule has 0 aromatic carbocycles. The molecule has 6 rings (SSSR count). The Balaban J connectivity index is 0.000000129. The Morgan fingerprint density at radius 3 is 1.33 bits per heavy atom. The van der Waals surface area contributed by atoms with Crippen LogP contribution in [0.5, 0.6) is 0 Å². The summed E-state index contributed by atoms with van der Waals surface area (Å²) in [6, 6.07) is 0. The Morgan fingerprint density at radius 1 is 0.444 bits per heavy atom. The van der Waals surface area contributed by atoms with Crippen molar-refractivity contribution in [3.05, 3.63) is 57.4 Å². The maximum absolute atomic E-state index is 2.50. The van der Waals surface area contributed by atoms with Crippen LogP contribution < -0.4 is 0 Å². The molecule has 0 aromatic rings. The molecule has 0 aromatic heterocycles. The second-order valence-electron chi connectivity index (χ2n) is 9.13. The minimum Gasteiger partial charge on any atom is -0.226 e. The average molecular weight is 525 g/mol. The van der Waals surface area contributed by atoms with E-state index < -0.39 is 0 Å². The molecule has 1 heteroatoms. The zero-order valence-corrected chi connectivity index (χ0v) is 20.6. The summed E-state index contributed by atoms with van der Waals surface area (Å²) in [4.78, 5) is 0. The van der Waals surface area contributed by atoms with E-state index in [0.717, 1.165) is 0 Å². The molecule has 0 nitrogen and oxygen atoms in total. The van der Waals surface area contributed by atoms with Crippen molar-refractivity contribution >= 4 is 0 Å². The molecular weight excluding hydrogens is 491 g/mol. The van der Waals surface area contributed by atoms with Crippen molar-refractivity contribution in [2.24, 2.45) is 0 Å². The zero-order valence-electron chi connectivity index (χ0n) is 17.0. The van der Waals surface area contributed by atoms with E-state index in [1.807, 2.05) is 0 Å². The Hall–Kier alpha value is -0.430.